The van der Waals surface area contributed by atoms with Crippen molar-refractivity contribution in [2.24, 2.45) is 5.73 Å². The van der Waals surface area contributed by atoms with Crippen LogP contribution in [0.5, 0.6) is 0 Å². The Kier molecular flexibility index (Phi) is 5.81. The first-order valence-electron chi connectivity index (χ1n) is 5.16. The maximum absolute atomic E-state index is 11.1. The minimum atomic E-state index is -0.336. The number of rotatable bonds is 7. The van der Waals surface area contributed by atoms with Crippen LogP contribution in [0.1, 0.15) is 13.3 Å². The molecule has 0 spiro atoms. The van der Waals surface area contributed by atoms with Crippen LogP contribution in [-0.4, -0.2) is 34.2 Å². The number of primary amides is 1. The second-order valence-electron chi connectivity index (χ2n) is 3.25. The van der Waals surface area contributed by atoms with Gasteiger partial charge in [0, 0.05) is 18.1 Å². The molecule has 3 N–H and O–H groups in total. The topological polar surface area (TPSA) is 80.9 Å². The van der Waals surface area contributed by atoms with Crippen molar-refractivity contribution in [1.82, 2.24) is 15.3 Å². The van der Waals surface area contributed by atoms with Crippen molar-refractivity contribution in [3.8, 4) is 0 Å². The van der Waals surface area contributed by atoms with Crippen molar-refractivity contribution in [3.05, 3.63) is 18.5 Å². The predicted octanol–water partition coefficient (Wildman–Crippen LogP) is 0.422. The highest BCUT2D eigenvalue weighted by Crippen LogP contribution is 2.12. The third-order valence-electron chi connectivity index (χ3n) is 1.91. The van der Waals surface area contributed by atoms with Crippen LogP contribution in [0.2, 0.25) is 0 Å². The van der Waals surface area contributed by atoms with E-state index < -0.39 is 0 Å². The van der Waals surface area contributed by atoms with Crippen LogP contribution < -0.4 is 11.1 Å². The summed E-state index contributed by atoms with van der Waals surface area (Å²) in [4.78, 5) is 19.3. The molecular formula is C10H16N4OS. The zero-order valence-electron chi connectivity index (χ0n) is 9.22. The highest BCUT2D eigenvalue weighted by atomic mass is 32.2. The van der Waals surface area contributed by atoms with Crippen molar-refractivity contribution in [2.45, 2.75) is 24.5 Å². The van der Waals surface area contributed by atoms with E-state index in [0.717, 1.165) is 13.0 Å². The van der Waals surface area contributed by atoms with Crippen LogP contribution in [0.15, 0.2) is 23.6 Å². The highest BCUT2D eigenvalue weighted by molar-refractivity contribution is 7.99. The van der Waals surface area contributed by atoms with E-state index >= 15 is 0 Å². The van der Waals surface area contributed by atoms with Crippen LogP contribution in [0, 0.1) is 0 Å². The summed E-state index contributed by atoms with van der Waals surface area (Å²) in [5, 5.41) is 3.75. The molecule has 1 amide bonds. The van der Waals surface area contributed by atoms with Gasteiger partial charge in [-0.2, -0.15) is 0 Å². The van der Waals surface area contributed by atoms with Gasteiger partial charge in [0.2, 0.25) is 5.91 Å². The standard InChI is InChI=1S/C10H16N4OS/c1-2-4-12-8(9(11)15)7-16-10-13-5-3-6-14-10/h3,5-6,8,12H,2,4,7H2,1H3,(H2,11,15). The van der Waals surface area contributed by atoms with E-state index in [-0.39, 0.29) is 11.9 Å². The Morgan fingerprint density at radius 2 is 2.25 bits per heavy atom. The van der Waals surface area contributed by atoms with Crippen LogP contribution in [-0.2, 0) is 4.79 Å². The zero-order chi connectivity index (χ0) is 11.8. The molecule has 0 radical (unpaired) electrons. The van der Waals surface area contributed by atoms with Gasteiger partial charge in [0.05, 0.1) is 6.04 Å². The average molecular weight is 240 g/mol. The van der Waals surface area contributed by atoms with Crippen LogP contribution >= 0.6 is 11.8 Å². The Morgan fingerprint density at radius 3 is 2.81 bits per heavy atom. The monoisotopic (exact) mass is 240 g/mol. The predicted molar refractivity (Wildman–Crippen MR) is 64.0 cm³/mol. The normalized spacial score (nSPS) is 12.3. The number of amides is 1. The van der Waals surface area contributed by atoms with Gasteiger partial charge in [0.25, 0.3) is 0 Å². The molecule has 0 saturated heterocycles. The Balaban J connectivity index is 2.41. The maximum atomic E-state index is 11.1. The van der Waals surface area contributed by atoms with Crippen LogP contribution in [0.25, 0.3) is 0 Å². The van der Waals surface area contributed by atoms with E-state index in [4.69, 9.17) is 5.73 Å². The lowest BCUT2D eigenvalue weighted by Crippen LogP contribution is -2.43. The third-order valence-corrected chi connectivity index (χ3v) is 2.87. The van der Waals surface area contributed by atoms with Crippen molar-refractivity contribution >= 4 is 17.7 Å². The molecule has 1 aromatic rings. The van der Waals surface area contributed by atoms with Crippen molar-refractivity contribution in [1.29, 1.82) is 0 Å². The summed E-state index contributed by atoms with van der Waals surface area (Å²) in [5.74, 6) is 0.219. The number of carbonyl (C=O) groups is 1. The zero-order valence-corrected chi connectivity index (χ0v) is 10.0. The van der Waals surface area contributed by atoms with Gasteiger partial charge in [0.15, 0.2) is 5.16 Å². The van der Waals surface area contributed by atoms with E-state index in [0.29, 0.717) is 10.9 Å². The van der Waals surface area contributed by atoms with E-state index in [1.54, 1.807) is 18.5 Å². The number of hydrogen-bond acceptors (Lipinski definition) is 5. The van der Waals surface area contributed by atoms with Crippen LogP contribution in [0.3, 0.4) is 0 Å². The lowest BCUT2D eigenvalue weighted by Gasteiger charge is -2.13. The summed E-state index contributed by atoms with van der Waals surface area (Å²) < 4.78 is 0. The number of nitrogens with one attached hydrogen (secondary N) is 1. The SMILES string of the molecule is CCCNC(CSc1ncccn1)C(N)=O. The summed E-state index contributed by atoms with van der Waals surface area (Å²) in [6.45, 7) is 2.82. The number of nitrogens with two attached hydrogens (primary N) is 1. The van der Waals surface area contributed by atoms with Crippen molar-refractivity contribution < 1.29 is 4.79 Å². The molecule has 5 nitrogen and oxygen atoms in total. The summed E-state index contributed by atoms with van der Waals surface area (Å²) >= 11 is 1.42. The number of carbonyl (C=O) groups excluding carboxylic acids is 1. The minimum Gasteiger partial charge on any atom is -0.368 e. The molecule has 1 heterocycles. The first kappa shape index (κ1) is 12.9. The largest absolute Gasteiger partial charge is 0.368 e. The highest BCUT2D eigenvalue weighted by Gasteiger charge is 2.14. The van der Waals surface area contributed by atoms with Gasteiger partial charge in [-0.3, -0.25) is 4.79 Å². The number of aromatic nitrogens is 2. The molecule has 6 heteroatoms. The van der Waals surface area contributed by atoms with Crippen molar-refractivity contribution in [3.63, 3.8) is 0 Å². The minimum absolute atomic E-state index is 0.325. The molecule has 1 atom stereocenters. The second kappa shape index (κ2) is 7.19. The smallest absolute Gasteiger partial charge is 0.235 e. The fourth-order valence-corrected chi connectivity index (χ4v) is 1.95. The molecule has 16 heavy (non-hydrogen) atoms. The molecule has 0 fully saturated rings. The Morgan fingerprint density at radius 1 is 1.56 bits per heavy atom. The van der Waals surface area contributed by atoms with E-state index in [1.807, 2.05) is 6.92 Å². The van der Waals surface area contributed by atoms with E-state index in [2.05, 4.69) is 15.3 Å². The van der Waals surface area contributed by atoms with Gasteiger partial charge in [-0.1, -0.05) is 18.7 Å². The Bertz CT molecular complexity index is 320. The molecule has 88 valence electrons. The van der Waals surface area contributed by atoms with Gasteiger partial charge >= 0.3 is 0 Å². The Hall–Kier alpha value is -1.14. The fourth-order valence-electron chi connectivity index (χ4n) is 1.08. The van der Waals surface area contributed by atoms with Gasteiger partial charge < -0.3 is 11.1 Å². The van der Waals surface area contributed by atoms with Crippen molar-refractivity contribution in [2.75, 3.05) is 12.3 Å². The molecule has 0 aliphatic heterocycles. The van der Waals surface area contributed by atoms with Crippen LogP contribution in [0.4, 0.5) is 0 Å². The quantitative estimate of drug-likeness (QED) is 0.533. The number of hydrogen-bond donors (Lipinski definition) is 2. The second-order valence-corrected chi connectivity index (χ2v) is 4.24. The van der Waals surface area contributed by atoms with E-state index in [9.17, 15) is 4.79 Å². The number of thioether (sulfide) groups is 1. The van der Waals surface area contributed by atoms with Gasteiger partial charge in [0.1, 0.15) is 0 Å². The molecular weight excluding hydrogens is 224 g/mol. The molecule has 0 aliphatic rings. The maximum Gasteiger partial charge on any atom is 0.235 e. The summed E-state index contributed by atoms with van der Waals surface area (Å²) in [6, 6.07) is 1.43. The third kappa shape index (κ3) is 4.59. The molecule has 0 saturated carbocycles. The first-order valence-corrected chi connectivity index (χ1v) is 6.15. The first-order chi connectivity index (χ1) is 7.74. The summed E-state index contributed by atoms with van der Waals surface area (Å²) in [7, 11) is 0. The lowest BCUT2D eigenvalue weighted by atomic mass is 10.3. The molecule has 0 bridgehead atoms. The number of nitrogens with zero attached hydrogens (tertiary/aromatic N) is 2. The van der Waals surface area contributed by atoms with Gasteiger partial charge in [-0.25, -0.2) is 9.97 Å². The van der Waals surface area contributed by atoms with Gasteiger partial charge in [-0.15, -0.1) is 0 Å². The molecule has 1 aromatic heterocycles. The molecule has 1 rings (SSSR count). The summed E-state index contributed by atoms with van der Waals surface area (Å²) in [6.07, 6.45) is 4.32. The molecule has 1 unspecified atom stereocenters. The summed E-state index contributed by atoms with van der Waals surface area (Å²) in [5.41, 5.74) is 5.29. The molecule has 0 aromatic carbocycles. The Labute approximate surface area is 99.2 Å². The van der Waals surface area contributed by atoms with Gasteiger partial charge in [-0.05, 0) is 19.0 Å². The average Bonchev–Trinajstić information content (AvgIpc) is 2.30. The van der Waals surface area contributed by atoms with E-state index in [1.165, 1.54) is 11.8 Å². The lowest BCUT2D eigenvalue weighted by molar-refractivity contribution is -0.119. The molecule has 0 aliphatic carbocycles. The fraction of sp³-hybridized carbons (Fsp3) is 0.500.